The quantitative estimate of drug-likeness (QED) is 0.587. The van der Waals surface area contributed by atoms with E-state index in [2.05, 4.69) is 24.0 Å². The van der Waals surface area contributed by atoms with Crippen LogP contribution in [0.15, 0.2) is 24.3 Å². The summed E-state index contributed by atoms with van der Waals surface area (Å²) in [5.74, 6) is 0.139. The van der Waals surface area contributed by atoms with Crippen LogP contribution in [0.25, 0.3) is 0 Å². The Kier molecular flexibility index (Phi) is 3.13. The third-order valence-electron chi connectivity index (χ3n) is 2.96. The maximum absolute atomic E-state index is 7.36. The summed E-state index contributed by atoms with van der Waals surface area (Å²) in [6, 6.07) is 8.75. The number of nitrogens with zero attached hydrogens (tertiary/aromatic N) is 1. The molecule has 3 N–H and O–H groups in total. The van der Waals surface area contributed by atoms with Gasteiger partial charge in [-0.3, -0.25) is 5.41 Å². The van der Waals surface area contributed by atoms with Crippen LogP contribution in [0, 0.1) is 5.41 Å². The van der Waals surface area contributed by atoms with Crippen LogP contribution in [0.3, 0.4) is 0 Å². The van der Waals surface area contributed by atoms with E-state index in [0.29, 0.717) is 0 Å². The summed E-state index contributed by atoms with van der Waals surface area (Å²) in [6.45, 7) is 3.32. The average molecular weight is 217 g/mol. The first-order valence-corrected chi connectivity index (χ1v) is 5.93. The van der Waals surface area contributed by atoms with Crippen molar-refractivity contribution in [2.24, 2.45) is 5.73 Å². The van der Waals surface area contributed by atoms with Gasteiger partial charge in [-0.05, 0) is 43.5 Å². The monoisotopic (exact) mass is 217 g/mol. The molecule has 3 heteroatoms. The van der Waals surface area contributed by atoms with Crippen molar-refractivity contribution in [1.82, 2.24) is 0 Å². The van der Waals surface area contributed by atoms with Gasteiger partial charge in [-0.1, -0.05) is 6.92 Å². The number of rotatable bonds is 5. The van der Waals surface area contributed by atoms with E-state index in [4.69, 9.17) is 11.1 Å². The topological polar surface area (TPSA) is 53.1 Å². The maximum Gasteiger partial charge on any atom is 0.122 e. The van der Waals surface area contributed by atoms with Gasteiger partial charge >= 0.3 is 0 Å². The average Bonchev–Trinajstić information content (AvgIpc) is 3.10. The number of nitrogen functional groups attached to an aromatic ring is 1. The molecule has 0 aromatic heterocycles. The summed E-state index contributed by atoms with van der Waals surface area (Å²) in [5, 5.41) is 7.36. The molecule has 1 aliphatic rings. The minimum Gasteiger partial charge on any atom is -0.384 e. The lowest BCUT2D eigenvalue weighted by Gasteiger charge is -2.24. The van der Waals surface area contributed by atoms with E-state index in [9.17, 15) is 0 Å². The van der Waals surface area contributed by atoms with Crippen LogP contribution < -0.4 is 10.6 Å². The summed E-state index contributed by atoms with van der Waals surface area (Å²) in [6.07, 6.45) is 3.80. The fraction of sp³-hybridized carbons (Fsp3) is 0.462. The van der Waals surface area contributed by atoms with Gasteiger partial charge in [0.1, 0.15) is 5.84 Å². The summed E-state index contributed by atoms with van der Waals surface area (Å²) in [4.78, 5) is 2.46. The lowest BCUT2D eigenvalue weighted by molar-refractivity contribution is 0.763. The first kappa shape index (κ1) is 11.0. The maximum atomic E-state index is 7.36. The Morgan fingerprint density at radius 2 is 2.00 bits per heavy atom. The number of hydrogen-bond donors (Lipinski definition) is 2. The van der Waals surface area contributed by atoms with Gasteiger partial charge in [0.05, 0.1) is 0 Å². The Bertz CT molecular complexity index is 365. The summed E-state index contributed by atoms with van der Waals surface area (Å²) >= 11 is 0. The molecule has 0 atom stereocenters. The van der Waals surface area contributed by atoms with Crippen molar-refractivity contribution in [3.05, 3.63) is 29.8 Å². The molecule has 86 valence electrons. The van der Waals surface area contributed by atoms with E-state index >= 15 is 0 Å². The second kappa shape index (κ2) is 4.56. The number of hydrogen-bond acceptors (Lipinski definition) is 2. The first-order valence-electron chi connectivity index (χ1n) is 5.93. The SMILES string of the molecule is CCCN(c1ccc(C(=N)N)cc1)C1CC1. The Morgan fingerprint density at radius 3 is 2.44 bits per heavy atom. The summed E-state index contributed by atoms with van der Waals surface area (Å²) in [7, 11) is 0. The van der Waals surface area contributed by atoms with E-state index in [-0.39, 0.29) is 5.84 Å². The fourth-order valence-electron chi connectivity index (χ4n) is 1.98. The number of benzene rings is 1. The zero-order chi connectivity index (χ0) is 11.5. The Labute approximate surface area is 96.8 Å². The molecule has 2 rings (SSSR count). The van der Waals surface area contributed by atoms with Gasteiger partial charge in [-0.15, -0.1) is 0 Å². The molecule has 3 nitrogen and oxygen atoms in total. The van der Waals surface area contributed by atoms with Crippen LogP contribution in [0.2, 0.25) is 0 Å². The molecule has 0 saturated heterocycles. The van der Waals surface area contributed by atoms with E-state index in [0.717, 1.165) is 18.2 Å². The predicted octanol–water partition coefficient (Wildman–Crippen LogP) is 2.35. The first-order chi connectivity index (χ1) is 7.72. The minimum atomic E-state index is 0.139. The fourth-order valence-corrected chi connectivity index (χ4v) is 1.98. The highest BCUT2D eigenvalue weighted by atomic mass is 15.2. The molecule has 0 unspecified atom stereocenters. The van der Waals surface area contributed by atoms with E-state index in [1.54, 1.807) is 0 Å². The van der Waals surface area contributed by atoms with E-state index in [1.165, 1.54) is 24.9 Å². The van der Waals surface area contributed by atoms with Crippen LogP contribution in [0.4, 0.5) is 5.69 Å². The molecule has 1 aromatic rings. The van der Waals surface area contributed by atoms with E-state index < -0.39 is 0 Å². The van der Waals surface area contributed by atoms with Gasteiger partial charge in [0, 0.05) is 23.8 Å². The zero-order valence-corrected chi connectivity index (χ0v) is 9.74. The van der Waals surface area contributed by atoms with Gasteiger partial charge < -0.3 is 10.6 Å². The number of anilines is 1. The molecule has 1 aliphatic carbocycles. The number of nitrogens with two attached hydrogens (primary N) is 1. The van der Waals surface area contributed by atoms with Gasteiger partial charge in [-0.2, -0.15) is 0 Å². The Balaban J connectivity index is 2.14. The van der Waals surface area contributed by atoms with Crippen molar-refractivity contribution in [3.63, 3.8) is 0 Å². The molecule has 16 heavy (non-hydrogen) atoms. The van der Waals surface area contributed by atoms with Crippen molar-refractivity contribution in [1.29, 1.82) is 5.41 Å². The van der Waals surface area contributed by atoms with Crippen LogP contribution in [0.1, 0.15) is 31.7 Å². The normalized spacial score (nSPS) is 14.8. The molecular formula is C13H19N3. The second-order valence-corrected chi connectivity index (χ2v) is 4.39. The largest absolute Gasteiger partial charge is 0.384 e. The molecule has 1 saturated carbocycles. The molecule has 0 spiro atoms. The van der Waals surface area contributed by atoms with Gasteiger partial charge in [0.2, 0.25) is 0 Å². The van der Waals surface area contributed by atoms with Crippen molar-refractivity contribution in [3.8, 4) is 0 Å². The van der Waals surface area contributed by atoms with Gasteiger partial charge in [0.15, 0.2) is 0 Å². The molecular weight excluding hydrogens is 198 g/mol. The number of nitrogens with one attached hydrogen (secondary N) is 1. The van der Waals surface area contributed by atoms with Crippen molar-refractivity contribution in [2.45, 2.75) is 32.2 Å². The minimum absolute atomic E-state index is 0.139. The zero-order valence-electron chi connectivity index (χ0n) is 9.74. The molecule has 1 fully saturated rings. The lowest BCUT2D eigenvalue weighted by Crippen LogP contribution is -2.26. The van der Waals surface area contributed by atoms with Crippen LogP contribution in [0.5, 0.6) is 0 Å². The third kappa shape index (κ3) is 2.35. The van der Waals surface area contributed by atoms with Crippen LogP contribution in [-0.2, 0) is 0 Å². The molecule has 0 aliphatic heterocycles. The molecule has 0 heterocycles. The number of amidine groups is 1. The lowest BCUT2D eigenvalue weighted by atomic mass is 10.1. The molecule has 0 amide bonds. The van der Waals surface area contributed by atoms with Crippen molar-refractivity contribution < 1.29 is 0 Å². The highest BCUT2D eigenvalue weighted by Crippen LogP contribution is 2.31. The molecule has 1 aromatic carbocycles. The standard InChI is InChI=1S/C13H19N3/c1-2-9-16(12-7-8-12)11-5-3-10(4-6-11)13(14)15/h3-6,12H,2,7-9H2,1H3,(H3,14,15). The predicted molar refractivity (Wildman–Crippen MR) is 68.1 cm³/mol. The van der Waals surface area contributed by atoms with E-state index in [1.807, 2.05) is 12.1 Å². The summed E-state index contributed by atoms with van der Waals surface area (Å²) < 4.78 is 0. The van der Waals surface area contributed by atoms with Gasteiger partial charge in [0.25, 0.3) is 0 Å². The molecule has 0 bridgehead atoms. The summed E-state index contributed by atoms with van der Waals surface area (Å²) in [5.41, 5.74) is 7.50. The Morgan fingerprint density at radius 1 is 1.38 bits per heavy atom. The molecule has 0 radical (unpaired) electrons. The highest BCUT2D eigenvalue weighted by molar-refractivity contribution is 5.95. The smallest absolute Gasteiger partial charge is 0.122 e. The second-order valence-electron chi connectivity index (χ2n) is 4.39. The van der Waals surface area contributed by atoms with Crippen molar-refractivity contribution >= 4 is 11.5 Å². The van der Waals surface area contributed by atoms with Crippen molar-refractivity contribution in [2.75, 3.05) is 11.4 Å². The highest BCUT2D eigenvalue weighted by Gasteiger charge is 2.28. The Hall–Kier alpha value is -1.51. The third-order valence-corrected chi connectivity index (χ3v) is 2.96. The van der Waals surface area contributed by atoms with Gasteiger partial charge in [-0.25, -0.2) is 0 Å². The van der Waals surface area contributed by atoms with Crippen LogP contribution in [-0.4, -0.2) is 18.4 Å². The van der Waals surface area contributed by atoms with Crippen LogP contribution >= 0.6 is 0 Å².